The highest BCUT2D eigenvalue weighted by atomic mass is 16.6. The summed E-state index contributed by atoms with van der Waals surface area (Å²) in [6, 6.07) is 3.59. The van der Waals surface area contributed by atoms with Crippen LogP contribution in [0.2, 0.25) is 0 Å². The first-order valence-electron chi connectivity index (χ1n) is 10.4. The Kier molecular flexibility index (Phi) is 6.93. The summed E-state index contributed by atoms with van der Waals surface area (Å²) in [5.41, 5.74) is -0.335. The molecule has 32 heavy (non-hydrogen) atoms. The number of carbonyl (C=O) groups is 5. The van der Waals surface area contributed by atoms with Gasteiger partial charge >= 0.3 is 5.97 Å². The van der Waals surface area contributed by atoms with Crippen molar-refractivity contribution in [1.82, 2.24) is 10.2 Å². The number of ether oxygens (including phenoxy) is 3. The molecule has 0 spiro atoms. The molecule has 172 valence electrons. The molecule has 0 aromatic heterocycles. The van der Waals surface area contributed by atoms with Crippen molar-refractivity contribution < 1.29 is 38.2 Å². The van der Waals surface area contributed by atoms with Crippen LogP contribution < -0.4 is 10.1 Å². The van der Waals surface area contributed by atoms with Crippen molar-refractivity contribution in [3.05, 3.63) is 29.3 Å². The van der Waals surface area contributed by atoms with Gasteiger partial charge in [0.25, 0.3) is 11.8 Å². The van der Waals surface area contributed by atoms with E-state index in [-0.39, 0.29) is 61.9 Å². The van der Waals surface area contributed by atoms with E-state index in [0.717, 1.165) is 4.90 Å². The number of nitrogens with one attached hydrogen (secondary N) is 1. The third-order valence-corrected chi connectivity index (χ3v) is 4.79. The van der Waals surface area contributed by atoms with Crippen molar-refractivity contribution in [2.24, 2.45) is 0 Å². The number of fused-ring (bicyclic) bond motifs is 1. The Hall–Kier alpha value is -3.27. The van der Waals surface area contributed by atoms with Crippen molar-refractivity contribution in [3.63, 3.8) is 0 Å². The molecule has 1 fully saturated rings. The summed E-state index contributed by atoms with van der Waals surface area (Å²) >= 11 is 0. The maximum absolute atomic E-state index is 13.0. The van der Waals surface area contributed by atoms with Crippen LogP contribution in [0.1, 0.15) is 60.7 Å². The zero-order valence-corrected chi connectivity index (χ0v) is 18.3. The molecule has 1 saturated heterocycles. The van der Waals surface area contributed by atoms with Crippen molar-refractivity contribution in [1.29, 1.82) is 0 Å². The molecule has 0 saturated carbocycles. The average Bonchev–Trinajstić information content (AvgIpc) is 2.95. The second-order valence-electron chi connectivity index (χ2n) is 8.42. The number of hydrogen-bond acceptors (Lipinski definition) is 8. The molecule has 1 aromatic rings. The standard InChI is InChI=1S/C22H26N2O8/c1-22(2,3)32-17(26)9-10-30-11-12-31-15-6-4-5-13-18(15)21(29)24(20(13)28)14-7-8-16(25)23-19(14)27/h4-6,14H,7-12H2,1-3H3,(H,23,25,27). The highest BCUT2D eigenvalue weighted by molar-refractivity contribution is 6.24. The molecule has 2 heterocycles. The first kappa shape index (κ1) is 23.4. The van der Waals surface area contributed by atoms with Gasteiger partial charge in [0.05, 0.1) is 30.8 Å². The minimum Gasteiger partial charge on any atom is -0.490 e. The van der Waals surface area contributed by atoms with E-state index < -0.39 is 35.3 Å². The lowest BCUT2D eigenvalue weighted by atomic mass is 10.0. The SMILES string of the molecule is CC(C)(C)OC(=O)CCOCCOc1cccc2c1C(=O)N(C1CCC(=O)NC1=O)C2=O. The number of rotatable bonds is 8. The van der Waals surface area contributed by atoms with Gasteiger partial charge < -0.3 is 14.2 Å². The maximum atomic E-state index is 13.0. The number of piperidine rings is 1. The minimum atomic E-state index is -1.04. The number of hydrogen-bond donors (Lipinski definition) is 1. The third kappa shape index (κ3) is 5.31. The van der Waals surface area contributed by atoms with Crippen LogP contribution in [-0.4, -0.2) is 66.0 Å². The number of esters is 1. The van der Waals surface area contributed by atoms with Gasteiger partial charge in [-0.05, 0) is 39.3 Å². The summed E-state index contributed by atoms with van der Waals surface area (Å²) in [7, 11) is 0. The van der Waals surface area contributed by atoms with E-state index in [1.54, 1.807) is 32.9 Å². The fraction of sp³-hybridized carbons (Fsp3) is 0.500. The van der Waals surface area contributed by atoms with Crippen LogP contribution in [0.5, 0.6) is 5.75 Å². The second-order valence-corrected chi connectivity index (χ2v) is 8.42. The van der Waals surface area contributed by atoms with Crippen LogP contribution in [0.25, 0.3) is 0 Å². The van der Waals surface area contributed by atoms with E-state index in [9.17, 15) is 24.0 Å². The number of benzene rings is 1. The van der Waals surface area contributed by atoms with Gasteiger partial charge in [-0.25, -0.2) is 0 Å². The fourth-order valence-electron chi connectivity index (χ4n) is 3.46. The van der Waals surface area contributed by atoms with E-state index >= 15 is 0 Å². The topological polar surface area (TPSA) is 128 Å². The van der Waals surface area contributed by atoms with Crippen molar-refractivity contribution in [2.75, 3.05) is 19.8 Å². The Labute approximate surface area is 185 Å². The largest absolute Gasteiger partial charge is 0.490 e. The van der Waals surface area contributed by atoms with Crippen LogP contribution in [0.3, 0.4) is 0 Å². The molecule has 0 radical (unpaired) electrons. The molecule has 4 amide bonds. The molecule has 1 aromatic carbocycles. The zero-order valence-electron chi connectivity index (χ0n) is 18.3. The van der Waals surface area contributed by atoms with Gasteiger partial charge in [0, 0.05) is 6.42 Å². The van der Waals surface area contributed by atoms with Gasteiger partial charge in [0.15, 0.2) is 0 Å². The Morgan fingerprint density at radius 1 is 1.09 bits per heavy atom. The van der Waals surface area contributed by atoms with Gasteiger partial charge in [-0.2, -0.15) is 0 Å². The number of imide groups is 2. The van der Waals surface area contributed by atoms with Crippen LogP contribution in [0.15, 0.2) is 18.2 Å². The number of amides is 4. The lowest BCUT2D eigenvalue weighted by Gasteiger charge is -2.27. The summed E-state index contributed by atoms with van der Waals surface area (Å²) in [5, 5.41) is 2.16. The fourth-order valence-corrected chi connectivity index (χ4v) is 3.46. The monoisotopic (exact) mass is 446 g/mol. The molecular weight excluding hydrogens is 420 g/mol. The maximum Gasteiger partial charge on any atom is 0.308 e. The quantitative estimate of drug-likeness (QED) is 0.359. The second kappa shape index (κ2) is 9.47. The summed E-state index contributed by atoms with van der Waals surface area (Å²) in [4.78, 5) is 61.8. The van der Waals surface area contributed by atoms with Gasteiger partial charge in [0.1, 0.15) is 24.0 Å². The number of carbonyl (C=O) groups excluding carboxylic acids is 5. The van der Waals surface area contributed by atoms with Gasteiger partial charge in [0.2, 0.25) is 11.8 Å². The molecule has 0 bridgehead atoms. The van der Waals surface area contributed by atoms with E-state index in [0.29, 0.717) is 0 Å². The molecule has 1 unspecified atom stereocenters. The summed E-state index contributed by atoms with van der Waals surface area (Å²) in [5.74, 6) is -2.50. The van der Waals surface area contributed by atoms with Crippen molar-refractivity contribution in [3.8, 4) is 5.75 Å². The predicted octanol–water partition coefficient (Wildman–Crippen LogP) is 1.21. The molecule has 3 rings (SSSR count). The van der Waals surface area contributed by atoms with E-state index in [4.69, 9.17) is 14.2 Å². The average molecular weight is 446 g/mol. The van der Waals surface area contributed by atoms with E-state index in [1.165, 1.54) is 6.07 Å². The van der Waals surface area contributed by atoms with Crippen molar-refractivity contribution in [2.45, 2.75) is 51.7 Å². The predicted molar refractivity (Wildman–Crippen MR) is 110 cm³/mol. The van der Waals surface area contributed by atoms with Crippen LogP contribution in [-0.2, 0) is 23.9 Å². The summed E-state index contributed by atoms with van der Waals surface area (Å²) in [6.07, 6.45) is 0.234. The Bertz CT molecular complexity index is 950. The van der Waals surface area contributed by atoms with Gasteiger partial charge in [-0.15, -0.1) is 0 Å². The lowest BCUT2D eigenvalue weighted by molar-refractivity contribution is -0.156. The van der Waals surface area contributed by atoms with Crippen LogP contribution in [0.4, 0.5) is 0 Å². The molecule has 10 heteroatoms. The highest BCUT2D eigenvalue weighted by Crippen LogP contribution is 2.33. The van der Waals surface area contributed by atoms with Gasteiger partial charge in [-0.3, -0.25) is 34.2 Å². The normalized spacial score (nSPS) is 18.5. The molecule has 1 atom stereocenters. The molecule has 2 aliphatic rings. The molecule has 2 aliphatic heterocycles. The molecular formula is C22H26N2O8. The van der Waals surface area contributed by atoms with Gasteiger partial charge in [-0.1, -0.05) is 6.07 Å². The molecule has 1 N–H and O–H groups in total. The summed E-state index contributed by atoms with van der Waals surface area (Å²) < 4.78 is 16.2. The first-order chi connectivity index (χ1) is 15.1. The Morgan fingerprint density at radius 3 is 2.53 bits per heavy atom. The zero-order chi connectivity index (χ0) is 23.5. The molecule has 0 aliphatic carbocycles. The first-order valence-corrected chi connectivity index (χ1v) is 10.4. The van der Waals surface area contributed by atoms with E-state index in [2.05, 4.69) is 5.32 Å². The van der Waals surface area contributed by atoms with Crippen LogP contribution >= 0.6 is 0 Å². The third-order valence-electron chi connectivity index (χ3n) is 4.79. The van der Waals surface area contributed by atoms with E-state index in [1.807, 2.05) is 0 Å². The summed E-state index contributed by atoms with van der Waals surface area (Å²) in [6.45, 7) is 5.75. The number of nitrogens with zero attached hydrogens (tertiary/aromatic N) is 1. The molecule has 10 nitrogen and oxygen atoms in total. The Balaban J connectivity index is 1.55. The van der Waals surface area contributed by atoms with Crippen molar-refractivity contribution >= 4 is 29.6 Å². The Morgan fingerprint density at radius 2 is 1.84 bits per heavy atom. The minimum absolute atomic E-state index is 0.0494. The smallest absolute Gasteiger partial charge is 0.308 e. The highest BCUT2D eigenvalue weighted by Gasteiger charge is 2.45. The van der Waals surface area contributed by atoms with Crippen LogP contribution in [0, 0.1) is 0 Å². The lowest BCUT2D eigenvalue weighted by Crippen LogP contribution is -2.54.